The average Bonchev–Trinajstić information content (AvgIpc) is 2.77. The van der Waals surface area contributed by atoms with Gasteiger partial charge in [-0.1, -0.05) is 48.5 Å². The van der Waals surface area contributed by atoms with Crippen molar-refractivity contribution >= 4 is 21.6 Å². The number of carbonyl (C=O) groups is 1. The molecule has 0 fully saturated rings. The van der Waals surface area contributed by atoms with Gasteiger partial charge in [-0.15, -0.1) is 0 Å². The zero-order chi connectivity index (χ0) is 22.3. The number of para-hydroxylation sites is 2. The van der Waals surface area contributed by atoms with Crippen molar-refractivity contribution in [2.45, 2.75) is 20.0 Å². The predicted molar refractivity (Wildman–Crippen MR) is 123 cm³/mol. The quantitative estimate of drug-likeness (QED) is 0.548. The number of rotatable bonds is 9. The third-order valence-electron chi connectivity index (χ3n) is 4.70. The Morgan fingerprint density at radius 1 is 0.935 bits per heavy atom. The van der Waals surface area contributed by atoms with Crippen LogP contribution in [0, 0.1) is 0 Å². The summed E-state index contributed by atoms with van der Waals surface area (Å²) in [5.41, 5.74) is 2.79. The van der Waals surface area contributed by atoms with Gasteiger partial charge in [0.2, 0.25) is 10.0 Å². The van der Waals surface area contributed by atoms with E-state index in [9.17, 15) is 13.2 Å². The van der Waals surface area contributed by atoms with Gasteiger partial charge in [-0.3, -0.25) is 9.10 Å². The maximum Gasteiger partial charge on any atom is 0.251 e. The van der Waals surface area contributed by atoms with E-state index in [1.54, 1.807) is 48.5 Å². The Kier molecular flexibility index (Phi) is 7.31. The molecule has 3 aromatic rings. The number of benzene rings is 3. The first-order chi connectivity index (χ1) is 14.9. The molecule has 0 saturated carbocycles. The van der Waals surface area contributed by atoms with Crippen molar-refractivity contribution in [3.05, 3.63) is 95.6 Å². The van der Waals surface area contributed by atoms with E-state index in [4.69, 9.17) is 4.74 Å². The van der Waals surface area contributed by atoms with Crippen molar-refractivity contribution in [2.24, 2.45) is 0 Å². The molecule has 0 aliphatic carbocycles. The summed E-state index contributed by atoms with van der Waals surface area (Å²) in [7, 11) is -3.45. The number of sulfonamides is 1. The first kappa shape index (κ1) is 22.4. The summed E-state index contributed by atoms with van der Waals surface area (Å²) in [5.74, 6) is 0.545. The summed E-state index contributed by atoms with van der Waals surface area (Å²) >= 11 is 0. The summed E-state index contributed by atoms with van der Waals surface area (Å²) in [6, 6.07) is 23.5. The number of hydrogen-bond donors (Lipinski definition) is 1. The van der Waals surface area contributed by atoms with Crippen molar-refractivity contribution in [3.63, 3.8) is 0 Å². The Labute approximate surface area is 183 Å². The zero-order valence-electron chi connectivity index (χ0n) is 17.6. The fourth-order valence-electron chi connectivity index (χ4n) is 3.15. The Morgan fingerprint density at radius 3 is 2.23 bits per heavy atom. The minimum Gasteiger partial charge on any atom is -0.494 e. The number of nitrogens with one attached hydrogen (secondary N) is 1. The number of anilines is 1. The Hall–Kier alpha value is -3.32. The molecular weight excluding hydrogens is 412 g/mol. The second kappa shape index (κ2) is 10.1. The predicted octanol–water partition coefficient (Wildman–Crippen LogP) is 3.98. The van der Waals surface area contributed by atoms with Crippen LogP contribution in [0.4, 0.5) is 5.69 Å². The van der Waals surface area contributed by atoms with Gasteiger partial charge in [0.05, 0.1) is 25.1 Å². The van der Waals surface area contributed by atoms with Crippen LogP contribution in [-0.2, 0) is 23.1 Å². The Bertz CT molecular complexity index is 1110. The van der Waals surface area contributed by atoms with Crippen LogP contribution < -0.4 is 14.4 Å². The molecule has 0 aliphatic heterocycles. The van der Waals surface area contributed by atoms with Crippen molar-refractivity contribution < 1.29 is 17.9 Å². The summed E-state index contributed by atoms with van der Waals surface area (Å²) in [6.45, 7) is 3.01. The third-order valence-corrected chi connectivity index (χ3v) is 5.84. The molecule has 6 nitrogen and oxygen atoms in total. The average molecular weight is 439 g/mol. The molecule has 3 aromatic carbocycles. The monoisotopic (exact) mass is 438 g/mol. The minimum atomic E-state index is -3.45. The highest BCUT2D eigenvalue weighted by molar-refractivity contribution is 7.92. The second-order valence-corrected chi connectivity index (χ2v) is 8.93. The maximum absolute atomic E-state index is 12.5. The Balaban J connectivity index is 1.67. The van der Waals surface area contributed by atoms with E-state index in [2.05, 4.69) is 5.32 Å². The molecule has 0 aliphatic rings. The zero-order valence-corrected chi connectivity index (χ0v) is 18.4. The summed E-state index contributed by atoms with van der Waals surface area (Å²) < 4.78 is 31.4. The van der Waals surface area contributed by atoms with Gasteiger partial charge in [-0.25, -0.2) is 8.42 Å². The van der Waals surface area contributed by atoms with E-state index in [0.29, 0.717) is 24.4 Å². The van der Waals surface area contributed by atoms with Gasteiger partial charge < -0.3 is 10.1 Å². The number of nitrogens with zero attached hydrogens (tertiary/aromatic N) is 1. The number of ether oxygens (including phenoxy) is 1. The molecule has 0 spiro atoms. The molecule has 3 rings (SSSR count). The van der Waals surface area contributed by atoms with Crippen LogP contribution >= 0.6 is 0 Å². The largest absolute Gasteiger partial charge is 0.494 e. The highest BCUT2D eigenvalue weighted by Gasteiger charge is 2.18. The normalized spacial score (nSPS) is 11.0. The lowest BCUT2D eigenvalue weighted by Crippen LogP contribution is -2.29. The lowest BCUT2D eigenvalue weighted by molar-refractivity contribution is 0.0950. The molecule has 1 N–H and O–H groups in total. The molecule has 162 valence electrons. The lowest BCUT2D eigenvalue weighted by atomic mass is 10.1. The number of carbonyl (C=O) groups excluding carboxylic acids is 1. The van der Waals surface area contributed by atoms with Crippen molar-refractivity contribution in [2.75, 3.05) is 17.2 Å². The van der Waals surface area contributed by atoms with E-state index in [0.717, 1.165) is 16.9 Å². The maximum atomic E-state index is 12.5. The lowest BCUT2D eigenvalue weighted by Gasteiger charge is -2.22. The minimum absolute atomic E-state index is 0.187. The third kappa shape index (κ3) is 6.08. The van der Waals surface area contributed by atoms with Crippen molar-refractivity contribution in [1.29, 1.82) is 0 Å². The highest BCUT2D eigenvalue weighted by atomic mass is 32.2. The SMILES string of the molecule is CCOc1ccccc1CNC(=O)c1ccc(CN(c2ccccc2)S(C)(=O)=O)cc1. The molecule has 31 heavy (non-hydrogen) atoms. The van der Waals surface area contributed by atoms with Crippen molar-refractivity contribution in [1.82, 2.24) is 5.32 Å². The molecule has 1 amide bonds. The summed E-state index contributed by atoms with van der Waals surface area (Å²) in [6.07, 6.45) is 1.18. The topological polar surface area (TPSA) is 75.7 Å². The van der Waals surface area contributed by atoms with E-state index >= 15 is 0 Å². The van der Waals surface area contributed by atoms with Gasteiger partial charge >= 0.3 is 0 Å². The van der Waals surface area contributed by atoms with Gasteiger partial charge in [0.15, 0.2) is 0 Å². The second-order valence-electron chi connectivity index (χ2n) is 7.03. The summed E-state index contributed by atoms with van der Waals surface area (Å²) in [4.78, 5) is 12.5. The van der Waals surface area contributed by atoms with Crippen LogP contribution in [0.5, 0.6) is 5.75 Å². The van der Waals surface area contributed by atoms with Gasteiger partial charge in [-0.05, 0) is 42.8 Å². The van der Waals surface area contributed by atoms with Gasteiger partial charge in [0, 0.05) is 17.7 Å². The van der Waals surface area contributed by atoms with Crippen LogP contribution in [0.15, 0.2) is 78.9 Å². The Morgan fingerprint density at radius 2 is 1.58 bits per heavy atom. The molecule has 0 heterocycles. The first-order valence-electron chi connectivity index (χ1n) is 9.99. The molecule has 0 radical (unpaired) electrons. The standard InChI is InChI=1S/C24H26N2O4S/c1-3-30-23-12-8-7-9-21(23)17-25-24(27)20-15-13-19(14-16-20)18-26(31(2,28)29)22-10-5-4-6-11-22/h4-16H,3,17-18H2,1-2H3,(H,25,27). The molecule has 0 saturated heterocycles. The first-order valence-corrected chi connectivity index (χ1v) is 11.8. The molecule has 0 bridgehead atoms. The van der Waals surface area contributed by atoms with Crippen LogP contribution in [0.1, 0.15) is 28.4 Å². The molecule has 0 atom stereocenters. The molecule has 0 unspecified atom stereocenters. The van der Waals surface area contributed by atoms with Crippen LogP contribution in [0.3, 0.4) is 0 Å². The summed E-state index contributed by atoms with van der Waals surface area (Å²) in [5, 5.41) is 2.90. The van der Waals surface area contributed by atoms with Crippen molar-refractivity contribution in [3.8, 4) is 5.75 Å². The van der Waals surface area contributed by atoms with Crippen LogP contribution in [0.2, 0.25) is 0 Å². The van der Waals surface area contributed by atoms with E-state index < -0.39 is 10.0 Å². The van der Waals surface area contributed by atoms with Crippen LogP contribution in [-0.4, -0.2) is 27.2 Å². The number of hydrogen-bond acceptors (Lipinski definition) is 4. The highest BCUT2D eigenvalue weighted by Crippen LogP contribution is 2.21. The van der Waals surface area contributed by atoms with E-state index in [1.165, 1.54) is 10.6 Å². The van der Waals surface area contributed by atoms with Gasteiger partial charge in [0.1, 0.15) is 5.75 Å². The number of amides is 1. The fraction of sp³-hybridized carbons (Fsp3) is 0.208. The van der Waals surface area contributed by atoms with Gasteiger partial charge in [-0.2, -0.15) is 0 Å². The van der Waals surface area contributed by atoms with E-state index in [1.807, 2.05) is 37.3 Å². The fourth-order valence-corrected chi connectivity index (χ4v) is 4.03. The molecule has 7 heteroatoms. The smallest absolute Gasteiger partial charge is 0.251 e. The van der Waals surface area contributed by atoms with Gasteiger partial charge in [0.25, 0.3) is 5.91 Å². The van der Waals surface area contributed by atoms with E-state index in [-0.39, 0.29) is 12.5 Å². The molecular formula is C24H26N2O4S. The van der Waals surface area contributed by atoms with Crippen LogP contribution in [0.25, 0.3) is 0 Å². The molecule has 0 aromatic heterocycles.